The summed E-state index contributed by atoms with van der Waals surface area (Å²) in [6.07, 6.45) is 0.897. The fourth-order valence-corrected chi connectivity index (χ4v) is 4.66. The number of rotatable bonds is 6. The molecule has 0 spiro atoms. The van der Waals surface area contributed by atoms with Crippen LogP contribution in [0.25, 0.3) is 0 Å². The summed E-state index contributed by atoms with van der Waals surface area (Å²) in [6, 6.07) is -0.139. The molecule has 7 heteroatoms. The van der Waals surface area contributed by atoms with Crippen molar-refractivity contribution in [3.63, 3.8) is 0 Å². The lowest BCUT2D eigenvalue weighted by molar-refractivity contribution is 0.180. The van der Waals surface area contributed by atoms with Crippen LogP contribution >= 0.6 is 0 Å². The zero-order chi connectivity index (χ0) is 16.5. The molecule has 1 aliphatic rings. The van der Waals surface area contributed by atoms with Gasteiger partial charge in [-0.2, -0.15) is 5.10 Å². The molecule has 22 heavy (non-hydrogen) atoms. The van der Waals surface area contributed by atoms with Gasteiger partial charge in [0.25, 0.3) is 0 Å². The second kappa shape index (κ2) is 6.68. The maximum absolute atomic E-state index is 12.7. The van der Waals surface area contributed by atoms with Crippen LogP contribution in [0, 0.1) is 25.7 Å². The van der Waals surface area contributed by atoms with E-state index in [1.54, 1.807) is 11.6 Å². The van der Waals surface area contributed by atoms with E-state index < -0.39 is 10.0 Å². The molecule has 1 aromatic rings. The van der Waals surface area contributed by atoms with Gasteiger partial charge in [-0.15, -0.1) is 0 Å². The van der Waals surface area contributed by atoms with E-state index >= 15 is 0 Å². The highest BCUT2D eigenvalue weighted by Gasteiger charge is 2.30. The molecule has 0 bridgehead atoms. The number of ether oxygens (including phenoxy) is 1. The second-order valence-electron chi connectivity index (χ2n) is 6.61. The van der Waals surface area contributed by atoms with Crippen LogP contribution in [0.4, 0.5) is 0 Å². The van der Waals surface area contributed by atoms with E-state index in [-0.39, 0.29) is 12.0 Å². The summed E-state index contributed by atoms with van der Waals surface area (Å²) in [4.78, 5) is 0.318. The molecule has 2 atom stereocenters. The Morgan fingerprint density at radius 2 is 2.05 bits per heavy atom. The van der Waals surface area contributed by atoms with Gasteiger partial charge in [0.15, 0.2) is 0 Å². The first-order chi connectivity index (χ1) is 10.2. The minimum absolute atomic E-state index is 0.139. The lowest BCUT2D eigenvalue weighted by Crippen LogP contribution is -2.38. The molecule has 6 nitrogen and oxygen atoms in total. The lowest BCUT2D eigenvalue weighted by Gasteiger charge is -2.19. The van der Waals surface area contributed by atoms with Crippen LogP contribution in [0.3, 0.4) is 0 Å². The van der Waals surface area contributed by atoms with Crippen LogP contribution in [0.1, 0.15) is 38.6 Å². The average Bonchev–Trinajstić information content (AvgIpc) is 2.97. The number of aryl methyl sites for hydroxylation is 1. The maximum Gasteiger partial charge on any atom is 0.244 e. The number of hydrogen-bond acceptors (Lipinski definition) is 4. The number of sulfonamides is 1. The zero-order valence-electron chi connectivity index (χ0n) is 14.1. The van der Waals surface area contributed by atoms with Crippen LogP contribution < -0.4 is 4.72 Å². The van der Waals surface area contributed by atoms with Crippen LogP contribution in [-0.2, 0) is 21.3 Å². The first-order valence-electron chi connectivity index (χ1n) is 7.86. The highest BCUT2D eigenvalue weighted by atomic mass is 32.2. The molecule has 0 aromatic carbocycles. The van der Waals surface area contributed by atoms with Gasteiger partial charge in [0.1, 0.15) is 4.90 Å². The van der Waals surface area contributed by atoms with Gasteiger partial charge in [0.2, 0.25) is 10.0 Å². The Labute approximate surface area is 133 Å². The molecule has 2 rings (SSSR count). The highest BCUT2D eigenvalue weighted by Crippen LogP contribution is 2.23. The summed E-state index contributed by atoms with van der Waals surface area (Å²) < 4.78 is 35.4. The van der Waals surface area contributed by atoms with Crippen molar-refractivity contribution in [1.82, 2.24) is 14.5 Å². The number of hydrogen-bond donors (Lipinski definition) is 1. The summed E-state index contributed by atoms with van der Waals surface area (Å²) in [5.41, 5.74) is 1.26. The number of nitrogens with zero attached hydrogens (tertiary/aromatic N) is 2. The third-order valence-electron chi connectivity index (χ3n) is 4.13. The first-order valence-corrected chi connectivity index (χ1v) is 9.34. The van der Waals surface area contributed by atoms with Gasteiger partial charge in [-0.25, -0.2) is 13.1 Å². The van der Waals surface area contributed by atoms with Crippen molar-refractivity contribution >= 4 is 10.0 Å². The van der Waals surface area contributed by atoms with Gasteiger partial charge in [-0.3, -0.25) is 4.68 Å². The van der Waals surface area contributed by atoms with Crippen LogP contribution in [0.2, 0.25) is 0 Å². The first kappa shape index (κ1) is 17.4. The standard InChI is InChI=1S/C15H27N3O3S/c1-10(2)8-18-13(5)15(12(4)16-18)22(19,20)17-11(3)14-6-7-21-9-14/h10-11,14,17H,6-9H2,1-5H3/t11-,14-/m0/s1. The largest absolute Gasteiger partial charge is 0.381 e. The van der Waals surface area contributed by atoms with Crippen molar-refractivity contribution in [2.45, 2.75) is 58.5 Å². The van der Waals surface area contributed by atoms with Crippen LogP contribution in [0.5, 0.6) is 0 Å². The molecule has 126 valence electrons. The molecule has 0 radical (unpaired) electrons. The van der Waals surface area contributed by atoms with Crippen molar-refractivity contribution in [1.29, 1.82) is 0 Å². The van der Waals surface area contributed by atoms with E-state index in [9.17, 15) is 8.42 Å². The van der Waals surface area contributed by atoms with Crippen molar-refractivity contribution < 1.29 is 13.2 Å². The van der Waals surface area contributed by atoms with Gasteiger partial charge < -0.3 is 4.74 Å². The predicted octanol–water partition coefficient (Wildman–Crippen LogP) is 1.86. The van der Waals surface area contributed by atoms with Gasteiger partial charge in [0, 0.05) is 25.1 Å². The van der Waals surface area contributed by atoms with Crippen molar-refractivity contribution in [2.75, 3.05) is 13.2 Å². The van der Waals surface area contributed by atoms with Gasteiger partial charge in [0.05, 0.1) is 18.0 Å². The molecule has 0 unspecified atom stereocenters. The minimum Gasteiger partial charge on any atom is -0.381 e. The molecule has 1 aliphatic heterocycles. The molecule has 0 amide bonds. The fraction of sp³-hybridized carbons (Fsp3) is 0.800. The van der Waals surface area contributed by atoms with Gasteiger partial charge in [-0.05, 0) is 33.1 Å². The molecule has 1 aromatic heterocycles. The maximum atomic E-state index is 12.7. The average molecular weight is 329 g/mol. The number of aromatic nitrogens is 2. The Morgan fingerprint density at radius 1 is 1.36 bits per heavy atom. The van der Waals surface area contributed by atoms with E-state index in [0.717, 1.165) is 6.42 Å². The smallest absolute Gasteiger partial charge is 0.244 e. The minimum atomic E-state index is -3.56. The highest BCUT2D eigenvalue weighted by molar-refractivity contribution is 7.89. The molecule has 1 saturated heterocycles. The summed E-state index contributed by atoms with van der Waals surface area (Å²) in [6.45, 7) is 11.7. The third-order valence-corrected chi connectivity index (χ3v) is 5.95. The SMILES string of the molecule is Cc1nn(CC(C)C)c(C)c1S(=O)(=O)N[C@@H](C)[C@H]1CCOC1. The molecule has 0 aliphatic carbocycles. The van der Waals surface area contributed by atoms with Gasteiger partial charge in [-0.1, -0.05) is 13.8 Å². The van der Waals surface area contributed by atoms with E-state index in [2.05, 4.69) is 23.7 Å². The van der Waals surface area contributed by atoms with Gasteiger partial charge >= 0.3 is 0 Å². The summed E-state index contributed by atoms with van der Waals surface area (Å²) in [7, 11) is -3.56. The quantitative estimate of drug-likeness (QED) is 0.864. The van der Waals surface area contributed by atoms with Crippen LogP contribution in [-0.4, -0.2) is 37.5 Å². The Morgan fingerprint density at radius 3 is 2.59 bits per heavy atom. The summed E-state index contributed by atoms with van der Waals surface area (Å²) in [5.74, 6) is 0.650. The zero-order valence-corrected chi connectivity index (χ0v) is 14.9. The van der Waals surface area contributed by atoms with Crippen molar-refractivity contribution in [3.05, 3.63) is 11.4 Å². The third kappa shape index (κ3) is 3.70. The van der Waals surface area contributed by atoms with E-state index in [1.165, 1.54) is 0 Å². The molecule has 1 N–H and O–H groups in total. The molecular weight excluding hydrogens is 302 g/mol. The Balaban J connectivity index is 2.23. The topological polar surface area (TPSA) is 73.2 Å². The molecule has 1 fully saturated rings. The van der Waals surface area contributed by atoms with Crippen molar-refractivity contribution in [2.24, 2.45) is 11.8 Å². The second-order valence-corrected chi connectivity index (χ2v) is 8.26. The number of nitrogens with one attached hydrogen (secondary N) is 1. The summed E-state index contributed by atoms with van der Waals surface area (Å²) >= 11 is 0. The Hall–Kier alpha value is -0.920. The lowest BCUT2D eigenvalue weighted by atomic mass is 10.0. The summed E-state index contributed by atoms with van der Waals surface area (Å²) in [5, 5.41) is 4.39. The van der Waals surface area contributed by atoms with Crippen LogP contribution in [0.15, 0.2) is 4.90 Å². The Bertz CT molecular complexity index is 616. The molecular formula is C15H27N3O3S. The fourth-order valence-electron chi connectivity index (χ4n) is 2.94. The molecule has 0 saturated carbocycles. The molecule has 2 heterocycles. The van der Waals surface area contributed by atoms with E-state index in [0.29, 0.717) is 42.0 Å². The predicted molar refractivity (Wildman–Crippen MR) is 85.2 cm³/mol. The van der Waals surface area contributed by atoms with Crippen molar-refractivity contribution in [3.8, 4) is 0 Å². The van der Waals surface area contributed by atoms with E-state index in [1.807, 2.05) is 13.8 Å². The Kier molecular flexibility index (Phi) is 5.29. The normalized spacial score (nSPS) is 20.7. The van der Waals surface area contributed by atoms with E-state index in [4.69, 9.17) is 4.74 Å². The monoisotopic (exact) mass is 329 g/mol.